The molecular formula is C11H10ClN5S. The fraction of sp³-hybridized carbons (Fsp3) is 0.182. The Balaban J connectivity index is 2.25. The van der Waals surface area contributed by atoms with Crippen LogP contribution in [0, 0.1) is 0 Å². The van der Waals surface area contributed by atoms with Gasteiger partial charge in [0.2, 0.25) is 0 Å². The van der Waals surface area contributed by atoms with Crippen molar-refractivity contribution in [3.63, 3.8) is 0 Å². The third-order valence-corrected chi connectivity index (χ3v) is 4.10. The zero-order chi connectivity index (χ0) is 12.7. The Kier molecular flexibility index (Phi) is 2.68. The highest BCUT2D eigenvalue weighted by atomic mass is 35.5. The molecule has 0 radical (unpaired) electrons. The predicted octanol–water partition coefficient (Wildman–Crippen LogP) is 2.67. The zero-order valence-electron chi connectivity index (χ0n) is 9.59. The number of nitrogen functional groups attached to an aromatic ring is 1. The lowest BCUT2D eigenvalue weighted by Crippen LogP contribution is -2.00. The van der Waals surface area contributed by atoms with Crippen LogP contribution in [0.5, 0.6) is 0 Å². The summed E-state index contributed by atoms with van der Waals surface area (Å²) in [6.45, 7) is 2.11. The monoisotopic (exact) mass is 279 g/mol. The van der Waals surface area contributed by atoms with E-state index in [1.807, 2.05) is 0 Å². The number of aromatic nitrogens is 4. The second-order valence-electron chi connectivity index (χ2n) is 3.79. The van der Waals surface area contributed by atoms with Crippen molar-refractivity contribution in [2.24, 2.45) is 0 Å². The van der Waals surface area contributed by atoms with Crippen LogP contribution in [0.15, 0.2) is 18.6 Å². The van der Waals surface area contributed by atoms with Crippen molar-refractivity contribution in [1.29, 1.82) is 0 Å². The second-order valence-corrected chi connectivity index (χ2v) is 5.31. The minimum absolute atomic E-state index is 0.300. The molecule has 3 aromatic heterocycles. The Morgan fingerprint density at radius 1 is 1.44 bits per heavy atom. The van der Waals surface area contributed by atoms with Crippen molar-refractivity contribution in [3.05, 3.63) is 28.5 Å². The summed E-state index contributed by atoms with van der Waals surface area (Å²) in [7, 11) is 0. The van der Waals surface area contributed by atoms with Gasteiger partial charge in [-0.1, -0.05) is 18.5 Å². The van der Waals surface area contributed by atoms with Gasteiger partial charge in [-0.05, 0) is 12.5 Å². The van der Waals surface area contributed by atoms with Crippen molar-refractivity contribution < 1.29 is 0 Å². The molecule has 5 nitrogen and oxygen atoms in total. The summed E-state index contributed by atoms with van der Waals surface area (Å²) in [5.74, 6) is 1.00. The Morgan fingerprint density at radius 3 is 2.94 bits per heavy atom. The second kappa shape index (κ2) is 4.22. The summed E-state index contributed by atoms with van der Waals surface area (Å²) < 4.78 is 1.59. The number of hydrogen-bond donors (Lipinski definition) is 1. The molecule has 0 saturated heterocycles. The van der Waals surface area contributed by atoms with E-state index in [9.17, 15) is 0 Å². The lowest BCUT2D eigenvalue weighted by atomic mass is 10.3. The van der Waals surface area contributed by atoms with Gasteiger partial charge in [0.15, 0.2) is 11.6 Å². The number of nitrogens with zero attached hydrogens (tertiary/aromatic N) is 4. The molecule has 92 valence electrons. The molecule has 0 aliphatic heterocycles. The standard InChI is InChI=1S/C11H10ClN5S/c1-2-6-3-7-10(14-5-15-11(7)18-6)17-4-8(12)9(13)16-17/h3-5H,2H2,1H3,(H2,13,16). The first-order valence-electron chi connectivity index (χ1n) is 5.43. The molecule has 0 aliphatic rings. The van der Waals surface area contributed by atoms with E-state index in [1.54, 1.807) is 22.2 Å². The average molecular weight is 280 g/mol. The normalized spacial score (nSPS) is 11.2. The van der Waals surface area contributed by atoms with E-state index in [2.05, 4.69) is 28.1 Å². The van der Waals surface area contributed by atoms with Gasteiger partial charge in [0, 0.05) is 4.88 Å². The maximum absolute atomic E-state index is 5.91. The van der Waals surface area contributed by atoms with Crippen LogP contribution in [0.1, 0.15) is 11.8 Å². The number of rotatable bonds is 2. The minimum atomic E-state index is 0.300. The van der Waals surface area contributed by atoms with E-state index in [-0.39, 0.29) is 0 Å². The summed E-state index contributed by atoms with van der Waals surface area (Å²) in [6, 6.07) is 2.08. The van der Waals surface area contributed by atoms with Crippen LogP contribution < -0.4 is 5.73 Å². The van der Waals surface area contributed by atoms with Crippen LogP contribution in [0.25, 0.3) is 16.0 Å². The fourth-order valence-electron chi connectivity index (χ4n) is 1.72. The number of nitrogens with two attached hydrogens (primary N) is 1. The maximum atomic E-state index is 5.91. The molecule has 18 heavy (non-hydrogen) atoms. The van der Waals surface area contributed by atoms with Gasteiger partial charge >= 0.3 is 0 Å². The molecule has 3 rings (SSSR count). The largest absolute Gasteiger partial charge is 0.381 e. The molecule has 0 fully saturated rings. The van der Waals surface area contributed by atoms with Crippen molar-refractivity contribution in [1.82, 2.24) is 19.7 Å². The first-order chi connectivity index (χ1) is 8.69. The number of halogens is 1. The van der Waals surface area contributed by atoms with Crippen LogP contribution in [0.4, 0.5) is 5.82 Å². The first-order valence-corrected chi connectivity index (χ1v) is 6.63. The van der Waals surface area contributed by atoms with Crippen molar-refractivity contribution in [3.8, 4) is 5.82 Å². The Bertz CT molecular complexity index is 698. The highest BCUT2D eigenvalue weighted by Gasteiger charge is 2.12. The molecule has 7 heteroatoms. The Morgan fingerprint density at radius 2 is 2.28 bits per heavy atom. The molecule has 3 aromatic rings. The van der Waals surface area contributed by atoms with Gasteiger partial charge in [0.05, 0.1) is 11.6 Å². The van der Waals surface area contributed by atoms with Crippen LogP contribution in [0.3, 0.4) is 0 Å². The van der Waals surface area contributed by atoms with Gasteiger partial charge in [0.1, 0.15) is 16.2 Å². The summed E-state index contributed by atoms with van der Waals surface area (Å²) in [5, 5.41) is 5.54. The van der Waals surface area contributed by atoms with E-state index in [0.717, 1.165) is 16.6 Å². The van der Waals surface area contributed by atoms with Crippen LogP contribution in [0.2, 0.25) is 5.02 Å². The molecule has 3 heterocycles. The van der Waals surface area contributed by atoms with Gasteiger partial charge in [0.25, 0.3) is 0 Å². The van der Waals surface area contributed by atoms with Crippen molar-refractivity contribution >= 4 is 39.0 Å². The van der Waals surface area contributed by atoms with Crippen LogP contribution >= 0.6 is 22.9 Å². The predicted molar refractivity (Wildman–Crippen MR) is 73.3 cm³/mol. The number of anilines is 1. The van der Waals surface area contributed by atoms with Gasteiger partial charge in [-0.25, -0.2) is 14.6 Å². The molecule has 0 bridgehead atoms. The highest BCUT2D eigenvalue weighted by Crippen LogP contribution is 2.28. The van der Waals surface area contributed by atoms with Crippen LogP contribution in [-0.4, -0.2) is 19.7 Å². The van der Waals surface area contributed by atoms with Gasteiger partial charge in [-0.15, -0.1) is 16.4 Å². The van der Waals surface area contributed by atoms with E-state index in [1.165, 1.54) is 11.2 Å². The smallest absolute Gasteiger partial charge is 0.165 e. The summed E-state index contributed by atoms with van der Waals surface area (Å²) >= 11 is 7.57. The quantitative estimate of drug-likeness (QED) is 0.783. The van der Waals surface area contributed by atoms with E-state index < -0.39 is 0 Å². The highest BCUT2D eigenvalue weighted by molar-refractivity contribution is 7.18. The topological polar surface area (TPSA) is 69.6 Å². The Hall–Kier alpha value is -1.66. The van der Waals surface area contributed by atoms with Crippen LogP contribution in [-0.2, 0) is 6.42 Å². The summed E-state index contributed by atoms with van der Waals surface area (Å²) in [5.41, 5.74) is 5.65. The average Bonchev–Trinajstić information content (AvgIpc) is 2.93. The molecule has 0 aliphatic carbocycles. The first kappa shape index (κ1) is 11.4. The third kappa shape index (κ3) is 1.74. The fourth-order valence-corrected chi connectivity index (χ4v) is 2.78. The lowest BCUT2D eigenvalue weighted by Gasteiger charge is -2.00. The molecule has 0 amide bonds. The SMILES string of the molecule is CCc1cc2c(-n3cc(Cl)c(N)n3)ncnc2s1. The molecule has 0 aromatic carbocycles. The molecule has 0 saturated carbocycles. The zero-order valence-corrected chi connectivity index (χ0v) is 11.2. The molecule has 0 spiro atoms. The lowest BCUT2D eigenvalue weighted by molar-refractivity contribution is 0.856. The van der Waals surface area contributed by atoms with E-state index in [0.29, 0.717) is 16.7 Å². The maximum Gasteiger partial charge on any atom is 0.165 e. The molecule has 0 unspecified atom stereocenters. The number of fused-ring (bicyclic) bond motifs is 1. The molecular weight excluding hydrogens is 270 g/mol. The van der Waals surface area contributed by atoms with Crippen molar-refractivity contribution in [2.75, 3.05) is 5.73 Å². The number of thiophene rings is 1. The van der Waals surface area contributed by atoms with Gasteiger partial charge < -0.3 is 5.73 Å². The van der Waals surface area contributed by atoms with Crippen molar-refractivity contribution in [2.45, 2.75) is 13.3 Å². The van der Waals surface area contributed by atoms with Gasteiger partial charge in [-0.2, -0.15) is 0 Å². The van der Waals surface area contributed by atoms with Gasteiger partial charge in [-0.3, -0.25) is 0 Å². The van der Waals surface area contributed by atoms with E-state index >= 15 is 0 Å². The molecule has 0 atom stereocenters. The summed E-state index contributed by atoms with van der Waals surface area (Å²) in [6.07, 6.45) is 4.16. The number of aryl methyl sites for hydroxylation is 1. The number of hydrogen-bond acceptors (Lipinski definition) is 5. The molecule has 2 N–H and O–H groups in total. The van der Waals surface area contributed by atoms with E-state index in [4.69, 9.17) is 17.3 Å². The summed E-state index contributed by atoms with van der Waals surface area (Å²) in [4.78, 5) is 10.7. The Labute approximate surface area is 112 Å². The third-order valence-electron chi connectivity index (χ3n) is 2.62. The minimum Gasteiger partial charge on any atom is -0.381 e.